The minimum Gasteiger partial charge on any atom is -0.399 e. The molecule has 0 heterocycles. The maximum Gasteiger partial charge on any atom is 0.271 e. The monoisotopic (exact) mass is 273 g/mol. The zero-order valence-electron chi connectivity index (χ0n) is 12.4. The molecule has 1 atom stereocenters. The summed E-state index contributed by atoms with van der Waals surface area (Å²) in [6.07, 6.45) is 3.11. The molecule has 2 rings (SSSR count). The normalized spacial score (nSPS) is 23.6. The molecule has 1 aromatic carbocycles. The number of carbonyl (C=O) groups excluding carboxylic acids is 1. The van der Waals surface area contributed by atoms with Crippen LogP contribution in [0.3, 0.4) is 0 Å². The molecule has 0 aromatic heterocycles. The Morgan fingerprint density at radius 1 is 1.35 bits per heavy atom. The largest absolute Gasteiger partial charge is 0.399 e. The maximum atomic E-state index is 12.0. The number of benzene rings is 1. The molecule has 0 bridgehead atoms. The van der Waals surface area contributed by atoms with Crippen LogP contribution in [-0.4, -0.2) is 11.6 Å². The second-order valence-corrected chi connectivity index (χ2v) is 6.60. The molecular formula is C16H23N3O. The third-order valence-corrected chi connectivity index (χ3v) is 3.66. The Hall–Kier alpha value is -1.84. The van der Waals surface area contributed by atoms with Gasteiger partial charge in [0.1, 0.15) is 0 Å². The van der Waals surface area contributed by atoms with E-state index in [1.165, 1.54) is 6.42 Å². The molecule has 1 aliphatic rings. The molecular weight excluding hydrogens is 250 g/mol. The van der Waals surface area contributed by atoms with Crippen molar-refractivity contribution in [2.45, 2.75) is 40.0 Å². The number of anilines is 1. The summed E-state index contributed by atoms with van der Waals surface area (Å²) >= 11 is 0. The number of rotatable bonds is 2. The van der Waals surface area contributed by atoms with Gasteiger partial charge in [-0.15, -0.1) is 0 Å². The first kappa shape index (κ1) is 14.6. The topological polar surface area (TPSA) is 67.5 Å². The van der Waals surface area contributed by atoms with Crippen LogP contribution >= 0.6 is 0 Å². The van der Waals surface area contributed by atoms with Crippen molar-refractivity contribution in [3.05, 3.63) is 29.8 Å². The van der Waals surface area contributed by atoms with Gasteiger partial charge < -0.3 is 5.73 Å². The van der Waals surface area contributed by atoms with E-state index in [4.69, 9.17) is 5.73 Å². The Balaban J connectivity index is 2.01. The average Bonchev–Trinajstić information content (AvgIpc) is 2.34. The predicted octanol–water partition coefficient (Wildman–Crippen LogP) is 3.20. The number of nitrogens with zero attached hydrogens (tertiary/aromatic N) is 1. The lowest BCUT2D eigenvalue weighted by atomic mass is 9.72. The quantitative estimate of drug-likeness (QED) is 0.642. The highest BCUT2D eigenvalue weighted by Gasteiger charge is 2.29. The Bertz CT molecular complexity index is 517. The molecule has 3 N–H and O–H groups in total. The molecule has 0 spiro atoms. The lowest BCUT2D eigenvalue weighted by Gasteiger charge is -2.34. The van der Waals surface area contributed by atoms with Gasteiger partial charge in [0.2, 0.25) is 0 Å². The second-order valence-electron chi connectivity index (χ2n) is 6.60. The van der Waals surface area contributed by atoms with Crippen molar-refractivity contribution in [2.24, 2.45) is 16.4 Å². The summed E-state index contributed by atoms with van der Waals surface area (Å²) in [4.78, 5) is 12.0. The Labute approximate surface area is 120 Å². The van der Waals surface area contributed by atoms with Gasteiger partial charge in [-0.05, 0) is 54.9 Å². The molecule has 0 saturated heterocycles. The van der Waals surface area contributed by atoms with Crippen LogP contribution in [0.25, 0.3) is 0 Å². The van der Waals surface area contributed by atoms with Gasteiger partial charge >= 0.3 is 0 Å². The van der Waals surface area contributed by atoms with Crippen LogP contribution < -0.4 is 11.2 Å². The minimum atomic E-state index is -0.187. The molecule has 4 heteroatoms. The number of hydrogen-bond acceptors (Lipinski definition) is 3. The number of amides is 1. The van der Waals surface area contributed by atoms with Crippen molar-refractivity contribution in [1.29, 1.82) is 0 Å². The molecule has 0 radical (unpaired) electrons. The first-order chi connectivity index (χ1) is 9.35. The molecule has 1 unspecified atom stereocenters. The molecule has 108 valence electrons. The van der Waals surface area contributed by atoms with Crippen LogP contribution in [0.4, 0.5) is 5.69 Å². The van der Waals surface area contributed by atoms with Gasteiger partial charge in [0.15, 0.2) is 0 Å². The second kappa shape index (κ2) is 5.65. The number of carbonyl (C=O) groups is 1. The predicted molar refractivity (Wildman–Crippen MR) is 82.6 cm³/mol. The van der Waals surface area contributed by atoms with E-state index in [1.54, 1.807) is 24.3 Å². The van der Waals surface area contributed by atoms with E-state index in [1.807, 2.05) is 0 Å². The zero-order chi connectivity index (χ0) is 14.8. The summed E-state index contributed by atoms with van der Waals surface area (Å²) in [5.41, 5.74) is 10.8. The van der Waals surface area contributed by atoms with Gasteiger partial charge in [-0.2, -0.15) is 5.10 Å². The van der Waals surface area contributed by atoms with Crippen molar-refractivity contribution in [2.75, 3.05) is 5.73 Å². The minimum absolute atomic E-state index is 0.187. The van der Waals surface area contributed by atoms with Crippen LogP contribution in [0.1, 0.15) is 50.4 Å². The first-order valence-corrected chi connectivity index (χ1v) is 7.07. The summed E-state index contributed by atoms with van der Waals surface area (Å²) in [5, 5.41) is 4.31. The van der Waals surface area contributed by atoms with E-state index in [0.29, 0.717) is 17.2 Å². The fourth-order valence-corrected chi connectivity index (χ4v) is 3.03. The highest BCUT2D eigenvalue weighted by Crippen LogP contribution is 2.36. The van der Waals surface area contributed by atoms with Crippen molar-refractivity contribution in [1.82, 2.24) is 5.43 Å². The van der Waals surface area contributed by atoms with E-state index in [-0.39, 0.29) is 11.3 Å². The first-order valence-electron chi connectivity index (χ1n) is 7.07. The van der Waals surface area contributed by atoms with Gasteiger partial charge in [0, 0.05) is 17.0 Å². The third kappa shape index (κ3) is 3.83. The summed E-state index contributed by atoms with van der Waals surface area (Å²) in [6, 6.07) is 6.85. The molecule has 0 aliphatic heterocycles. The van der Waals surface area contributed by atoms with Crippen LogP contribution in [0, 0.1) is 11.3 Å². The lowest BCUT2D eigenvalue weighted by Crippen LogP contribution is -2.30. The van der Waals surface area contributed by atoms with Crippen LogP contribution in [-0.2, 0) is 0 Å². The van der Waals surface area contributed by atoms with E-state index in [2.05, 4.69) is 31.3 Å². The number of nitrogens with two attached hydrogens (primary N) is 1. The summed E-state index contributed by atoms with van der Waals surface area (Å²) in [7, 11) is 0. The van der Waals surface area contributed by atoms with Gasteiger partial charge in [-0.25, -0.2) is 5.43 Å². The lowest BCUT2D eigenvalue weighted by molar-refractivity contribution is 0.0954. The van der Waals surface area contributed by atoms with Gasteiger partial charge in [-0.1, -0.05) is 20.8 Å². The zero-order valence-corrected chi connectivity index (χ0v) is 12.4. The molecule has 20 heavy (non-hydrogen) atoms. The van der Waals surface area contributed by atoms with Crippen molar-refractivity contribution >= 4 is 17.3 Å². The summed E-state index contributed by atoms with van der Waals surface area (Å²) in [5.74, 6) is 0.430. The van der Waals surface area contributed by atoms with E-state index >= 15 is 0 Å². The van der Waals surface area contributed by atoms with Gasteiger partial charge in [0.25, 0.3) is 5.91 Å². The third-order valence-electron chi connectivity index (χ3n) is 3.66. The number of hydrogen-bond donors (Lipinski definition) is 2. The standard InChI is InChI=1S/C16H23N3O/c1-11-8-14(10-16(2,3)9-11)18-19-15(20)12-4-6-13(17)7-5-12/h4-7,11H,8-10,17H2,1-3H3,(H,19,20)/b18-14+. The molecule has 1 saturated carbocycles. The SMILES string of the molecule is CC1C/C(=N\NC(=O)c2ccc(N)cc2)CC(C)(C)C1. The highest BCUT2D eigenvalue weighted by atomic mass is 16.2. The van der Waals surface area contributed by atoms with Crippen LogP contribution in [0.15, 0.2) is 29.4 Å². The molecule has 1 fully saturated rings. The number of nitrogens with one attached hydrogen (secondary N) is 1. The van der Waals surface area contributed by atoms with Crippen molar-refractivity contribution in [3.8, 4) is 0 Å². The van der Waals surface area contributed by atoms with Crippen LogP contribution in [0.2, 0.25) is 0 Å². The highest BCUT2D eigenvalue weighted by molar-refractivity contribution is 5.95. The molecule has 1 amide bonds. The van der Waals surface area contributed by atoms with E-state index < -0.39 is 0 Å². The van der Waals surface area contributed by atoms with Crippen LogP contribution in [0.5, 0.6) is 0 Å². The van der Waals surface area contributed by atoms with Crippen molar-refractivity contribution < 1.29 is 4.79 Å². The fourth-order valence-electron chi connectivity index (χ4n) is 3.03. The smallest absolute Gasteiger partial charge is 0.271 e. The molecule has 1 aromatic rings. The van der Waals surface area contributed by atoms with E-state index in [0.717, 1.165) is 18.6 Å². The molecule has 1 aliphatic carbocycles. The van der Waals surface area contributed by atoms with Gasteiger partial charge in [-0.3, -0.25) is 4.79 Å². The summed E-state index contributed by atoms with van der Waals surface area (Å²) in [6.45, 7) is 6.73. The number of nitrogen functional groups attached to an aromatic ring is 1. The average molecular weight is 273 g/mol. The maximum absolute atomic E-state index is 12.0. The fraction of sp³-hybridized carbons (Fsp3) is 0.500. The van der Waals surface area contributed by atoms with Crippen molar-refractivity contribution in [3.63, 3.8) is 0 Å². The van der Waals surface area contributed by atoms with E-state index in [9.17, 15) is 4.79 Å². The molecule has 4 nitrogen and oxygen atoms in total. The summed E-state index contributed by atoms with van der Waals surface area (Å²) < 4.78 is 0. The Morgan fingerprint density at radius 2 is 2.00 bits per heavy atom. The van der Waals surface area contributed by atoms with Gasteiger partial charge in [0.05, 0.1) is 0 Å². The Kier molecular flexibility index (Phi) is 4.12. The Morgan fingerprint density at radius 3 is 2.60 bits per heavy atom. The number of hydrazone groups is 1.